The van der Waals surface area contributed by atoms with E-state index in [2.05, 4.69) is 16.0 Å². The molecule has 0 spiro atoms. The third-order valence-corrected chi connectivity index (χ3v) is 4.15. The summed E-state index contributed by atoms with van der Waals surface area (Å²) in [6.07, 6.45) is 2.24. The summed E-state index contributed by atoms with van der Waals surface area (Å²) in [6, 6.07) is 6.96. The van der Waals surface area contributed by atoms with Crippen LogP contribution in [-0.2, 0) is 14.3 Å². The Kier molecular flexibility index (Phi) is 10.7. The Morgan fingerprint density at radius 1 is 1.11 bits per heavy atom. The molecule has 9 heteroatoms. The molecular weight excluding hydrogens is 382 g/mol. The lowest BCUT2D eigenvalue weighted by Gasteiger charge is -2.17. The second-order valence-electron chi connectivity index (χ2n) is 6.43. The molecule has 0 fully saturated rings. The molecule has 8 nitrogen and oxygen atoms in total. The van der Waals surface area contributed by atoms with Gasteiger partial charge in [0.25, 0.3) is 11.8 Å². The average Bonchev–Trinajstić information content (AvgIpc) is 2.68. The number of rotatable bonds is 10. The minimum absolute atomic E-state index is 0.240. The van der Waals surface area contributed by atoms with Crippen molar-refractivity contribution in [3.63, 3.8) is 0 Å². The van der Waals surface area contributed by atoms with Crippen molar-refractivity contribution in [1.29, 1.82) is 0 Å². The molecule has 1 atom stereocenters. The summed E-state index contributed by atoms with van der Waals surface area (Å²) in [5, 5.41) is 7.23. The number of hydrogen-bond acceptors (Lipinski definition) is 6. The molecule has 0 aliphatic carbocycles. The molecule has 1 aromatic rings. The predicted octanol–water partition coefficient (Wildman–Crippen LogP) is 1.56. The fraction of sp³-hybridized carbons (Fsp3) is 0.474. The van der Waals surface area contributed by atoms with Gasteiger partial charge >= 0.3 is 12.0 Å². The van der Waals surface area contributed by atoms with E-state index in [1.165, 1.54) is 11.8 Å². The van der Waals surface area contributed by atoms with Gasteiger partial charge in [-0.15, -0.1) is 0 Å². The molecule has 0 heterocycles. The summed E-state index contributed by atoms with van der Waals surface area (Å²) in [5.74, 6) is -1.01. The lowest BCUT2D eigenvalue weighted by Crippen LogP contribution is -2.45. The number of carbonyl (C=O) groups excluding carboxylic acids is 4. The zero-order valence-electron chi connectivity index (χ0n) is 16.3. The minimum atomic E-state index is -0.886. The SMILES string of the molecule is CSCC[C@@H](NC(=O)c1ccccc1)C(=O)OCC(=O)NC(=O)NCC(C)C. The molecule has 28 heavy (non-hydrogen) atoms. The first-order valence-electron chi connectivity index (χ1n) is 8.92. The van der Waals surface area contributed by atoms with E-state index < -0.39 is 36.5 Å². The standard InChI is InChI=1S/C19H27N3O5S/c1-13(2)11-20-19(26)22-16(23)12-27-18(25)15(9-10-28-3)21-17(24)14-7-5-4-6-8-14/h4-8,13,15H,9-12H2,1-3H3,(H,21,24)(H2,20,22,23,26)/t15-/m1/s1. The number of amides is 4. The van der Waals surface area contributed by atoms with E-state index >= 15 is 0 Å². The van der Waals surface area contributed by atoms with Crippen LogP contribution in [0.2, 0.25) is 0 Å². The van der Waals surface area contributed by atoms with Crippen molar-refractivity contribution < 1.29 is 23.9 Å². The van der Waals surface area contributed by atoms with Crippen molar-refractivity contribution in [2.45, 2.75) is 26.3 Å². The molecule has 0 unspecified atom stereocenters. The summed E-state index contributed by atoms with van der Waals surface area (Å²) in [5.41, 5.74) is 0.420. The highest BCUT2D eigenvalue weighted by Gasteiger charge is 2.23. The Bertz CT molecular complexity index is 667. The molecule has 154 valence electrons. The van der Waals surface area contributed by atoms with Crippen LogP contribution < -0.4 is 16.0 Å². The molecule has 0 saturated carbocycles. The second kappa shape index (κ2) is 12.8. The Morgan fingerprint density at radius 2 is 1.79 bits per heavy atom. The van der Waals surface area contributed by atoms with Gasteiger partial charge < -0.3 is 15.4 Å². The molecule has 0 bridgehead atoms. The van der Waals surface area contributed by atoms with Crippen LogP contribution in [0.5, 0.6) is 0 Å². The van der Waals surface area contributed by atoms with Crippen LogP contribution in [0.1, 0.15) is 30.6 Å². The highest BCUT2D eigenvalue weighted by atomic mass is 32.2. The summed E-state index contributed by atoms with van der Waals surface area (Å²) in [4.78, 5) is 47.8. The molecule has 1 rings (SSSR count). The summed E-state index contributed by atoms with van der Waals surface area (Å²) >= 11 is 1.52. The zero-order chi connectivity index (χ0) is 20.9. The molecule has 3 N–H and O–H groups in total. The number of carbonyl (C=O) groups is 4. The smallest absolute Gasteiger partial charge is 0.329 e. The monoisotopic (exact) mass is 409 g/mol. The van der Waals surface area contributed by atoms with Gasteiger partial charge in [-0.05, 0) is 36.5 Å². The van der Waals surface area contributed by atoms with Crippen LogP contribution in [0.4, 0.5) is 4.79 Å². The van der Waals surface area contributed by atoms with Crippen LogP contribution in [-0.4, -0.2) is 55.0 Å². The summed E-state index contributed by atoms with van der Waals surface area (Å²) in [7, 11) is 0. The number of ether oxygens (including phenoxy) is 1. The Morgan fingerprint density at radius 3 is 2.39 bits per heavy atom. The van der Waals surface area contributed by atoms with Crippen molar-refractivity contribution >= 4 is 35.6 Å². The maximum Gasteiger partial charge on any atom is 0.329 e. The summed E-state index contributed by atoms with van der Waals surface area (Å²) in [6.45, 7) is 3.65. The lowest BCUT2D eigenvalue weighted by molar-refractivity contribution is -0.150. The van der Waals surface area contributed by atoms with Gasteiger partial charge in [-0.25, -0.2) is 9.59 Å². The molecule has 1 aromatic carbocycles. The van der Waals surface area contributed by atoms with Crippen molar-refractivity contribution in [2.75, 3.05) is 25.2 Å². The molecule has 0 radical (unpaired) electrons. The molecule has 0 aliphatic heterocycles. The molecule has 0 aliphatic rings. The van der Waals surface area contributed by atoms with E-state index in [9.17, 15) is 19.2 Å². The second-order valence-corrected chi connectivity index (χ2v) is 7.42. The number of hydrogen-bond donors (Lipinski definition) is 3. The highest BCUT2D eigenvalue weighted by molar-refractivity contribution is 7.98. The van der Waals surface area contributed by atoms with Crippen LogP contribution in [0.25, 0.3) is 0 Å². The van der Waals surface area contributed by atoms with E-state index in [1.807, 2.05) is 20.1 Å². The van der Waals surface area contributed by atoms with Crippen LogP contribution in [0.15, 0.2) is 30.3 Å². The van der Waals surface area contributed by atoms with Crippen molar-refractivity contribution in [1.82, 2.24) is 16.0 Å². The number of nitrogens with one attached hydrogen (secondary N) is 3. The number of esters is 1. The van der Waals surface area contributed by atoms with Gasteiger partial charge in [-0.2, -0.15) is 11.8 Å². The van der Waals surface area contributed by atoms with Crippen LogP contribution >= 0.6 is 11.8 Å². The Labute approximate surface area is 169 Å². The van der Waals surface area contributed by atoms with Crippen LogP contribution in [0, 0.1) is 5.92 Å². The topological polar surface area (TPSA) is 114 Å². The average molecular weight is 410 g/mol. The highest BCUT2D eigenvalue weighted by Crippen LogP contribution is 2.05. The fourth-order valence-corrected chi connectivity index (χ4v) is 2.53. The first-order valence-corrected chi connectivity index (χ1v) is 10.3. The maximum absolute atomic E-state index is 12.3. The lowest BCUT2D eigenvalue weighted by atomic mass is 10.1. The van der Waals surface area contributed by atoms with Gasteiger partial charge in [0.2, 0.25) is 0 Å². The van der Waals surface area contributed by atoms with Gasteiger partial charge in [-0.3, -0.25) is 14.9 Å². The molecule has 4 amide bonds. The van der Waals surface area contributed by atoms with Crippen molar-refractivity contribution in [3.8, 4) is 0 Å². The zero-order valence-corrected chi connectivity index (χ0v) is 17.1. The van der Waals surface area contributed by atoms with Gasteiger partial charge in [0.1, 0.15) is 6.04 Å². The molecule has 0 saturated heterocycles. The van der Waals surface area contributed by atoms with Gasteiger partial charge in [0, 0.05) is 12.1 Å². The minimum Gasteiger partial charge on any atom is -0.454 e. The van der Waals surface area contributed by atoms with Gasteiger partial charge in [0.15, 0.2) is 6.61 Å². The van der Waals surface area contributed by atoms with E-state index in [1.54, 1.807) is 30.3 Å². The first-order chi connectivity index (χ1) is 13.3. The number of benzene rings is 1. The van der Waals surface area contributed by atoms with E-state index in [0.717, 1.165) is 0 Å². The quantitative estimate of drug-likeness (QED) is 0.506. The third-order valence-electron chi connectivity index (χ3n) is 3.51. The normalized spacial score (nSPS) is 11.4. The van der Waals surface area contributed by atoms with E-state index in [0.29, 0.717) is 24.3 Å². The predicted molar refractivity (Wildman–Crippen MR) is 108 cm³/mol. The maximum atomic E-state index is 12.3. The Balaban J connectivity index is 2.54. The van der Waals surface area contributed by atoms with Crippen molar-refractivity contribution in [3.05, 3.63) is 35.9 Å². The first kappa shape index (κ1) is 23.5. The van der Waals surface area contributed by atoms with Crippen LogP contribution in [0.3, 0.4) is 0 Å². The Hall–Kier alpha value is -2.55. The van der Waals surface area contributed by atoms with Crippen molar-refractivity contribution in [2.24, 2.45) is 5.92 Å². The van der Waals surface area contributed by atoms with E-state index in [-0.39, 0.29) is 5.92 Å². The number of urea groups is 1. The molecular formula is C19H27N3O5S. The third kappa shape index (κ3) is 9.40. The molecule has 0 aromatic heterocycles. The fourth-order valence-electron chi connectivity index (χ4n) is 2.06. The largest absolute Gasteiger partial charge is 0.454 e. The van der Waals surface area contributed by atoms with Gasteiger partial charge in [0.05, 0.1) is 0 Å². The number of thioether (sulfide) groups is 1. The van der Waals surface area contributed by atoms with E-state index in [4.69, 9.17) is 4.74 Å². The van der Waals surface area contributed by atoms with Gasteiger partial charge in [-0.1, -0.05) is 32.0 Å². The summed E-state index contributed by atoms with van der Waals surface area (Å²) < 4.78 is 4.97. The number of imide groups is 1.